The van der Waals surface area contributed by atoms with Crippen LogP contribution in [-0.2, 0) is 23.1 Å². The van der Waals surface area contributed by atoms with Crippen LogP contribution in [0.5, 0.6) is 5.88 Å². The first-order chi connectivity index (χ1) is 19.9. The monoisotopic (exact) mass is 593 g/mol. The zero-order valence-corrected chi connectivity index (χ0v) is 25.4. The van der Waals surface area contributed by atoms with E-state index in [4.69, 9.17) is 29.9 Å². The summed E-state index contributed by atoms with van der Waals surface area (Å²) in [5.41, 5.74) is 9.09. The van der Waals surface area contributed by atoms with Crippen molar-refractivity contribution in [2.75, 3.05) is 20.3 Å². The number of hydrogen-bond acceptors (Lipinski definition) is 10. The summed E-state index contributed by atoms with van der Waals surface area (Å²) >= 11 is 1.57. The normalized spacial score (nSPS) is 14.2. The molecule has 12 nitrogen and oxygen atoms in total. The summed E-state index contributed by atoms with van der Waals surface area (Å²) in [7, 11) is 3.57. The van der Waals surface area contributed by atoms with Gasteiger partial charge >= 0.3 is 12.2 Å². The molecule has 0 unspecified atom stereocenters. The Morgan fingerprint density at radius 3 is 2.55 bits per heavy atom. The number of nitrogens with zero attached hydrogens (tertiary/aromatic N) is 6. The molecule has 5 rings (SSSR count). The van der Waals surface area contributed by atoms with Gasteiger partial charge < -0.3 is 24.8 Å². The van der Waals surface area contributed by atoms with Gasteiger partial charge in [-0.1, -0.05) is 0 Å². The van der Waals surface area contributed by atoms with Crippen molar-refractivity contribution < 1.29 is 23.8 Å². The van der Waals surface area contributed by atoms with Crippen molar-refractivity contribution in [3.63, 3.8) is 0 Å². The number of nitrogens with two attached hydrogens (primary N) is 1. The zero-order chi connectivity index (χ0) is 30.2. The Morgan fingerprint density at radius 2 is 1.90 bits per heavy atom. The fourth-order valence-electron chi connectivity index (χ4n) is 4.83. The van der Waals surface area contributed by atoms with E-state index in [0.717, 1.165) is 45.2 Å². The van der Waals surface area contributed by atoms with Crippen LogP contribution in [0.2, 0.25) is 0 Å². The minimum atomic E-state index is -0.982. The fraction of sp³-hybridized carbons (Fsp3) is 0.448. The molecule has 0 aliphatic carbocycles. The summed E-state index contributed by atoms with van der Waals surface area (Å²) in [6.07, 6.45) is 3.69. The van der Waals surface area contributed by atoms with E-state index >= 15 is 0 Å². The summed E-state index contributed by atoms with van der Waals surface area (Å²) in [4.78, 5) is 41.4. The summed E-state index contributed by atoms with van der Waals surface area (Å²) in [6, 6.07) is 3.81. The lowest BCUT2D eigenvalue weighted by Gasteiger charge is -2.25. The van der Waals surface area contributed by atoms with Gasteiger partial charge in [-0.25, -0.2) is 24.5 Å². The first kappa shape index (κ1) is 29.4. The minimum absolute atomic E-state index is 0.00994. The van der Waals surface area contributed by atoms with Crippen LogP contribution in [0.4, 0.5) is 9.59 Å². The van der Waals surface area contributed by atoms with E-state index in [2.05, 4.69) is 10.1 Å². The van der Waals surface area contributed by atoms with Gasteiger partial charge in [0.05, 0.1) is 24.1 Å². The Bertz CT molecular complexity index is 1640. The van der Waals surface area contributed by atoms with E-state index in [1.54, 1.807) is 35.5 Å². The lowest BCUT2D eigenvalue weighted by molar-refractivity contribution is 0.0282. The molecule has 222 valence electrons. The third-order valence-corrected chi connectivity index (χ3v) is 8.34. The van der Waals surface area contributed by atoms with Gasteiger partial charge in [0.15, 0.2) is 0 Å². The number of ether oxygens (including phenoxy) is 3. The lowest BCUT2D eigenvalue weighted by atomic mass is 9.97. The SMILES string of the molecule is Cc1c(-c2ccc3c(-c4nc(CN(C)C(=O)OC(C)(C)C)c(C5CCOCC5)s4)cnc(OC(N)=O)c3n2)cnn1C. The standard InChI is InChI=1S/C29H35N7O5S/c1-16-19(14-32-36(16)6)21-8-7-18-20(13-31-25(23(18)33-21)40-27(30)37)26-34-22(15-35(5)28(38)41-29(2,3)4)24(42-26)17-9-11-39-12-10-17/h7-8,13-14,17H,9-12,15H2,1-6H3,(H2,30,37). The summed E-state index contributed by atoms with van der Waals surface area (Å²) in [5, 5.41) is 5.74. The van der Waals surface area contributed by atoms with Crippen molar-refractivity contribution in [3.8, 4) is 27.7 Å². The van der Waals surface area contributed by atoms with Gasteiger partial charge in [0.25, 0.3) is 5.88 Å². The van der Waals surface area contributed by atoms with Crippen LogP contribution in [0, 0.1) is 6.92 Å². The molecule has 5 heterocycles. The van der Waals surface area contributed by atoms with Crippen LogP contribution in [-0.4, -0.2) is 67.7 Å². The smallest absolute Gasteiger partial charge is 0.411 e. The number of rotatable bonds is 6. The molecule has 2 N–H and O–H groups in total. The third kappa shape index (κ3) is 6.21. The molecule has 42 heavy (non-hydrogen) atoms. The number of carbonyl (C=O) groups excluding carboxylic acids is 2. The molecule has 0 radical (unpaired) electrons. The molecule has 1 fully saturated rings. The summed E-state index contributed by atoms with van der Waals surface area (Å²) < 4.78 is 18.2. The average Bonchev–Trinajstić information content (AvgIpc) is 3.50. The highest BCUT2D eigenvalue weighted by atomic mass is 32.1. The predicted octanol–water partition coefficient (Wildman–Crippen LogP) is 5.18. The van der Waals surface area contributed by atoms with Crippen LogP contribution in [0.25, 0.3) is 32.7 Å². The maximum atomic E-state index is 12.8. The van der Waals surface area contributed by atoms with Crippen molar-refractivity contribution >= 4 is 34.4 Å². The molecule has 0 spiro atoms. The van der Waals surface area contributed by atoms with Gasteiger partial charge in [-0.3, -0.25) is 4.68 Å². The highest BCUT2D eigenvalue weighted by Crippen LogP contribution is 2.41. The number of hydrogen-bond donors (Lipinski definition) is 1. The molecule has 1 saturated heterocycles. The first-order valence-electron chi connectivity index (χ1n) is 13.7. The number of carbonyl (C=O) groups is 2. The topological polar surface area (TPSA) is 148 Å². The molecule has 13 heteroatoms. The van der Waals surface area contributed by atoms with Crippen LogP contribution in [0.15, 0.2) is 24.5 Å². The Hall–Kier alpha value is -4.10. The molecule has 0 bridgehead atoms. The average molecular weight is 594 g/mol. The van der Waals surface area contributed by atoms with Crippen LogP contribution >= 0.6 is 11.3 Å². The van der Waals surface area contributed by atoms with E-state index < -0.39 is 17.8 Å². The predicted molar refractivity (Wildman–Crippen MR) is 158 cm³/mol. The maximum Gasteiger partial charge on any atom is 0.411 e. The second-order valence-corrected chi connectivity index (χ2v) is 12.3. The van der Waals surface area contributed by atoms with Gasteiger partial charge in [0.1, 0.15) is 16.1 Å². The highest BCUT2D eigenvalue weighted by Gasteiger charge is 2.28. The number of primary amides is 1. The van der Waals surface area contributed by atoms with Gasteiger partial charge in [-0.15, -0.1) is 11.3 Å². The lowest BCUT2D eigenvalue weighted by Crippen LogP contribution is -2.34. The largest absolute Gasteiger partial charge is 0.444 e. The van der Waals surface area contributed by atoms with E-state index in [0.29, 0.717) is 29.8 Å². The van der Waals surface area contributed by atoms with Crippen molar-refractivity contribution in [2.24, 2.45) is 12.8 Å². The van der Waals surface area contributed by atoms with Crippen LogP contribution in [0.1, 0.15) is 55.8 Å². The number of amides is 2. The molecular formula is C29H35N7O5S. The van der Waals surface area contributed by atoms with E-state index in [1.807, 2.05) is 46.9 Å². The minimum Gasteiger partial charge on any atom is -0.444 e. The third-order valence-electron chi connectivity index (χ3n) is 7.05. The first-order valence-corrected chi connectivity index (χ1v) is 14.5. The number of aromatic nitrogens is 5. The number of aryl methyl sites for hydroxylation is 1. The van der Waals surface area contributed by atoms with Gasteiger partial charge in [-0.05, 0) is 58.6 Å². The van der Waals surface area contributed by atoms with Crippen molar-refractivity contribution in [1.82, 2.24) is 29.6 Å². The van der Waals surface area contributed by atoms with Crippen molar-refractivity contribution in [3.05, 3.63) is 40.8 Å². The number of fused-ring (bicyclic) bond motifs is 1. The summed E-state index contributed by atoms with van der Waals surface area (Å²) in [6.45, 7) is 9.10. The van der Waals surface area contributed by atoms with Crippen LogP contribution < -0.4 is 10.5 Å². The molecule has 0 aromatic carbocycles. The molecule has 0 saturated carbocycles. The Balaban J connectivity index is 1.60. The van der Waals surface area contributed by atoms with Gasteiger partial charge in [0, 0.05) is 60.6 Å². The Morgan fingerprint density at radius 1 is 1.17 bits per heavy atom. The molecule has 4 aromatic heterocycles. The molecular weight excluding hydrogens is 558 g/mol. The highest BCUT2D eigenvalue weighted by molar-refractivity contribution is 7.15. The number of thiazole rings is 1. The molecule has 0 atom stereocenters. The Labute approximate surface area is 247 Å². The Kier molecular flexibility index (Phi) is 8.15. The van der Waals surface area contributed by atoms with E-state index in [-0.39, 0.29) is 18.3 Å². The quantitative estimate of drug-likeness (QED) is 0.319. The van der Waals surface area contributed by atoms with Gasteiger partial charge in [0.2, 0.25) is 0 Å². The van der Waals surface area contributed by atoms with E-state index in [1.165, 1.54) is 4.90 Å². The second kappa shape index (κ2) is 11.6. The molecule has 1 aliphatic rings. The molecule has 4 aromatic rings. The van der Waals surface area contributed by atoms with Crippen LogP contribution in [0.3, 0.4) is 0 Å². The number of pyridine rings is 2. The fourth-order valence-corrected chi connectivity index (χ4v) is 6.10. The van der Waals surface area contributed by atoms with Gasteiger partial charge in [-0.2, -0.15) is 5.10 Å². The molecule has 2 amide bonds. The zero-order valence-electron chi connectivity index (χ0n) is 24.6. The van der Waals surface area contributed by atoms with Crippen molar-refractivity contribution in [1.29, 1.82) is 0 Å². The van der Waals surface area contributed by atoms with Crippen molar-refractivity contribution in [2.45, 2.75) is 58.6 Å². The second-order valence-electron chi connectivity index (χ2n) is 11.3. The summed E-state index contributed by atoms with van der Waals surface area (Å²) in [5.74, 6) is 0.262. The van der Waals surface area contributed by atoms with E-state index in [9.17, 15) is 9.59 Å². The molecule has 1 aliphatic heterocycles. The maximum absolute atomic E-state index is 12.8.